The minimum Gasteiger partial charge on any atom is -0.747 e. The van der Waals surface area contributed by atoms with E-state index in [0.29, 0.717) is 12.8 Å². The van der Waals surface area contributed by atoms with Crippen molar-refractivity contribution in [1.82, 2.24) is 0 Å². The van der Waals surface area contributed by atoms with Crippen molar-refractivity contribution in [2.45, 2.75) is 68.9 Å². The standard InChI is InChI=1S/C18H25F3O7S/c19-18(20,21)13(29(24,25)26)9-27-16(22)14-10-6-7-11(8-10)15(14)17(23)28-12-4-2-1-3-5-12/h10-15H,1-9H2,(H,24,25,26)/p-1. The molecule has 0 aliphatic heterocycles. The fourth-order valence-electron chi connectivity index (χ4n) is 4.99. The van der Waals surface area contributed by atoms with Crippen molar-refractivity contribution in [3.05, 3.63) is 0 Å². The van der Waals surface area contributed by atoms with Gasteiger partial charge in [0, 0.05) is 0 Å². The van der Waals surface area contributed by atoms with Crippen LogP contribution in [0.15, 0.2) is 0 Å². The number of rotatable bonds is 6. The van der Waals surface area contributed by atoms with Gasteiger partial charge in [-0.2, -0.15) is 13.2 Å². The van der Waals surface area contributed by atoms with Gasteiger partial charge in [0.05, 0.1) is 11.8 Å². The number of halogens is 3. The van der Waals surface area contributed by atoms with E-state index in [1.54, 1.807) is 0 Å². The van der Waals surface area contributed by atoms with Crippen molar-refractivity contribution in [1.29, 1.82) is 0 Å². The van der Waals surface area contributed by atoms with Gasteiger partial charge in [-0.25, -0.2) is 8.42 Å². The summed E-state index contributed by atoms with van der Waals surface area (Å²) >= 11 is 0. The van der Waals surface area contributed by atoms with Gasteiger partial charge in [-0.05, 0) is 56.8 Å². The van der Waals surface area contributed by atoms with Crippen molar-refractivity contribution in [2.75, 3.05) is 6.61 Å². The first-order valence-corrected chi connectivity index (χ1v) is 11.3. The van der Waals surface area contributed by atoms with Gasteiger partial charge in [-0.1, -0.05) is 6.42 Å². The van der Waals surface area contributed by atoms with E-state index in [4.69, 9.17) is 4.74 Å². The average molecular weight is 441 g/mol. The second-order valence-corrected chi connectivity index (χ2v) is 9.79. The molecule has 0 N–H and O–H groups in total. The van der Waals surface area contributed by atoms with Crippen LogP contribution in [-0.4, -0.2) is 49.0 Å². The highest BCUT2D eigenvalue weighted by molar-refractivity contribution is 7.86. The molecule has 0 amide bonds. The summed E-state index contributed by atoms with van der Waals surface area (Å²) in [7, 11) is -5.75. The van der Waals surface area contributed by atoms with Gasteiger partial charge in [0.1, 0.15) is 22.8 Å². The number of esters is 2. The molecule has 3 saturated carbocycles. The van der Waals surface area contributed by atoms with Gasteiger partial charge >= 0.3 is 18.1 Å². The van der Waals surface area contributed by atoms with Crippen molar-refractivity contribution in [3.63, 3.8) is 0 Å². The maximum absolute atomic E-state index is 12.8. The highest BCUT2D eigenvalue weighted by Crippen LogP contribution is 2.53. The molecule has 166 valence electrons. The highest BCUT2D eigenvalue weighted by atomic mass is 32.2. The fourth-order valence-corrected chi connectivity index (χ4v) is 5.55. The zero-order valence-corrected chi connectivity index (χ0v) is 16.5. The maximum atomic E-state index is 12.8. The lowest BCUT2D eigenvalue weighted by Crippen LogP contribution is -2.43. The van der Waals surface area contributed by atoms with Crippen LogP contribution in [0.5, 0.6) is 0 Å². The molecule has 0 saturated heterocycles. The number of carbonyl (C=O) groups is 2. The van der Waals surface area contributed by atoms with Gasteiger partial charge in [0.25, 0.3) is 0 Å². The molecule has 3 rings (SSSR count). The Morgan fingerprint density at radius 3 is 2.03 bits per heavy atom. The molecular formula is C18H24F3O7S-. The first-order chi connectivity index (χ1) is 13.5. The Bertz CT molecular complexity index is 730. The summed E-state index contributed by atoms with van der Waals surface area (Å²) in [5, 5.41) is -3.33. The summed E-state index contributed by atoms with van der Waals surface area (Å²) in [5.74, 6) is -3.68. The molecule has 2 bridgehead atoms. The number of fused-ring (bicyclic) bond motifs is 2. The highest BCUT2D eigenvalue weighted by Gasteiger charge is 2.56. The first-order valence-electron chi connectivity index (χ1n) is 9.87. The van der Waals surface area contributed by atoms with E-state index < -0.39 is 51.9 Å². The van der Waals surface area contributed by atoms with Crippen LogP contribution < -0.4 is 0 Å². The number of alkyl halides is 3. The summed E-state index contributed by atoms with van der Waals surface area (Å²) in [5.41, 5.74) is 0. The van der Waals surface area contributed by atoms with E-state index in [2.05, 4.69) is 4.74 Å². The normalized spacial score (nSPS) is 31.4. The number of ether oxygens (including phenoxy) is 2. The molecule has 3 aliphatic carbocycles. The first kappa shape index (κ1) is 22.3. The monoisotopic (exact) mass is 441 g/mol. The molecule has 3 aliphatic rings. The third-order valence-corrected chi connectivity index (χ3v) is 7.49. The Morgan fingerprint density at radius 1 is 0.966 bits per heavy atom. The van der Waals surface area contributed by atoms with Crippen LogP contribution in [0.4, 0.5) is 13.2 Å². The lowest BCUT2D eigenvalue weighted by molar-refractivity contribution is -0.172. The summed E-state index contributed by atoms with van der Waals surface area (Å²) in [6.07, 6.45) is 0.825. The second-order valence-electron chi connectivity index (χ2n) is 8.23. The molecule has 0 aromatic rings. The van der Waals surface area contributed by atoms with Gasteiger partial charge in [0.15, 0.2) is 5.25 Å². The van der Waals surface area contributed by atoms with E-state index in [1.165, 1.54) is 0 Å². The van der Waals surface area contributed by atoms with Gasteiger partial charge < -0.3 is 14.0 Å². The molecular weight excluding hydrogens is 417 g/mol. The summed E-state index contributed by atoms with van der Waals surface area (Å²) in [6.45, 7) is -1.60. The number of hydrogen-bond donors (Lipinski definition) is 0. The maximum Gasteiger partial charge on any atom is 0.407 e. The van der Waals surface area contributed by atoms with E-state index >= 15 is 0 Å². The molecule has 0 spiro atoms. The van der Waals surface area contributed by atoms with E-state index in [1.807, 2.05) is 0 Å². The van der Waals surface area contributed by atoms with E-state index in [9.17, 15) is 35.7 Å². The van der Waals surface area contributed by atoms with Crippen LogP contribution in [0.1, 0.15) is 51.4 Å². The number of hydrogen-bond acceptors (Lipinski definition) is 7. The third-order valence-electron chi connectivity index (χ3n) is 6.39. The van der Waals surface area contributed by atoms with Crippen molar-refractivity contribution < 1.29 is 45.2 Å². The van der Waals surface area contributed by atoms with E-state index in [0.717, 1.165) is 38.5 Å². The quantitative estimate of drug-likeness (QED) is 0.460. The average Bonchev–Trinajstić information content (AvgIpc) is 3.21. The molecule has 7 nitrogen and oxygen atoms in total. The van der Waals surface area contributed by atoms with Crippen LogP contribution in [0, 0.1) is 23.7 Å². The van der Waals surface area contributed by atoms with E-state index in [-0.39, 0.29) is 17.9 Å². The van der Waals surface area contributed by atoms with Crippen molar-refractivity contribution in [2.24, 2.45) is 23.7 Å². The Morgan fingerprint density at radius 2 is 1.52 bits per heavy atom. The van der Waals surface area contributed by atoms with Crippen molar-refractivity contribution >= 4 is 22.1 Å². The van der Waals surface area contributed by atoms with Crippen LogP contribution >= 0.6 is 0 Å². The SMILES string of the molecule is O=C(OCC(C(F)(F)F)S(=O)(=O)[O-])C1C2CCC(C2)C1C(=O)OC1CCCCC1. The lowest BCUT2D eigenvalue weighted by Gasteiger charge is -2.31. The Balaban J connectivity index is 1.67. The smallest absolute Gasteiger partial charge is 0.407 e. The molecule has 3 fully saturated rings. The number of carbonyl (C=O) groups excluding carboxylic acids is 2. The molecule has 5 unspecified atom stereocenters. The van der Waals surface area contributed by atoms with Gasteiger partial charge in [0.2, 0.25) is 0 Å². The minimum absolute atomic E-state index is 0.102. The molecule has 11 heteroatoms. The predicted molar refractivity (Wildman–Crippen MR) is 91.3 cm³/mol. The fraction of sp³-hybridized carbons (Fsp3) is 0.889. The summed E-state index contributed by atoms with van der Waals surface area (Å²) in [4.78, 5) is 25.2. The molecule has 5 atom stereocenters. The molecule has 0 heterocycles. The van der Waals surface area contributed by atoms with Crippen molar-refractivity contribution in [3.8, 4) is 0 Å². The third kappa shape index (κ3) is 5.04. The Hall–Kier alpha value is -1.36. The summed E-state index contributed by atoms with van der Waals surface area (Å²) in [6, 6.07) is 0. The summed E-state index contributed by atoms with van der Waals surface area (Å²) < 4.78 is 81.3. The molecule has 0 aromatic carbocycles. The Kier molecular flexibility index (Phi) is 6.47. The molecule has 0 radical (unpaired) electrons. The van der Waals surface area contributed by atoms with Gasteiger partial charge in [-0.3, -0.25) is 9.59 Å². The molecule has 0 aromatic heterocycles. The Labute approximate surface area is 167 Å². The lowest BCUT2D eigenvalue weighted by atomic mass is 9.79. The minimum atomic E-state index is -5.75. The largest absolute Gasteiger partial charge is 0.747 e. The van der Waals surface area contributed by atoms with Crippen LogP contribution in [0.3, 0.4) is 0 Å². The van der Waals surface area contributed by atoms with Crippen LogP contribution in [-0.2, 0) is 29.2 Å². The van der Waals surface area contributed by atoms with Gasteiger partial charge in [-0.15, -0.1) is 0 Å². The zero-order chi connectivity index (χ0) is 21.4. The molecule has 29 heavy (non-hydrogen) atoms. The zero-order valence-electron chi connectivity index (χ0n) is 15.7. The predicted octanol–water partition coefficient (Wildman–Crippen LogP) is 2.54. The van der Waals surface area contributed by atoms with Crippen LogP contribution in [0.2, 0.25) is 0 Å². The topological polar surface area (TPSA) is 110 Å². The second kappa shape index (κ2) is 8.41. The van der Waals surface area contributed by atoms with Crippen LogP contribution in [0.25, 0.3) is 0 Å².